The first-order valence-corrected chi connectivity index (χ1v) is 5.21. The van der Waals surface area contributed by atoms with Gasteiger partial charge in [-0.15, -0.1) is 0 Å². The second kappa shape index (κ2) is 3.66. The summed E-state index contributed by atoms with van der Waals surface area (Å²) >= 11 is 0. The zero-order valence-corrected chi connectivity index (χ0v) is 7.91. The molecule has 0 radical (unpaired) electrons. The number of hydrogen-bond donors (Lipinski definition) is 1. The summed E-state index contributed by atoms with van der Waals surface area (Å²) in [6.45, 7) is 2.06. The van der Waals surface area contributed by atoms with E-state index < -0.39 is 0 Å². The number of likely N-dealkylation sites (tertiary alicyclic amines) is 1. The number of rotatable bonds is 3. The van der Waals surface area contributed by atoms with Gasteiger partial charge >= 0.3 is 0 Å². The van der Waals surface area contributed by atoms with Crippen LogP contribution in [0.3, 0.4) is 0 Å². The fourth-order valence-corrected chi connectivity index (χ4v) is 2.04. The van der Waals surface area contributed by atoms with Gasteiger partial charge in [-0.1, -0.05) is 0 Å². The Balaban J connectivity index is 1.79. The SMILES string of the molecule is O=C(C1CC1)N1CCC(CCO)C1. The molecule has 2 fully saturated rings. The molecule has 1 saturated carbocycles. The largest absolute Gasteiger partial charge is 0.396 e. The highest BCUT2D eigenvalue weighted by atomic mass is 16.3. The number of carbonyl (C=O) groups is 1. The van der Waals surface area contributed by atoms with E-state index in [1.54, 1.807) is 0 Å². The van der Waals surface area contributed by atoms with Gasteiger partial charge in [-0.05, 0) is 31.6 Å². The average molecular weight is 183 g/mol. The predicted molar refractivity (Wildman–Crippen MR) is 49.1 cm³/mol. The fraction of sp³-hybridized carbons (Fsp3) is 0.900. The Hall–Kier alpha value is -0.570. The first kappa shape index (κ1) is 9.00. The number of nitrogens with zero attached hydrogens (tertiary/aromatic N) is 1. The molecule has 1 aliphatic carbocycles. The van der Waals surface area contributed by atoms with Gasteiger partial charge < -0.3 is 10.0 Å². The Labute approximate surface area is 78.7 Å². The van der Waals surface area contributed by atoms with E-state index in [4.69, 9.17) is 5.11 Å². The van der Waals surface area contributed by atoms with Crippen LogP contribution < -0.4 is 0 Å². The van der Waals surface area contributed by atoms with Crippen molar-refractivity contribution in [3.05, 3.63) is 0 Å². The van der Waals surface area contributed by atoms with Gasteiger partial charge in [0.05, 0.1) is 0 Å². The fourth-order valence-electron chi connectivity index (χ4n) is 2.04. The molecular formula is C10H17NO2. The number of aliphatic hydroxyl groups is 1. The predicted octanol–water partition coefficient (Wildman–Crippen LogP) is 0.627. The summed E-state index contributed by atoms with van der Waals surface area (Å²) in [5, 5.41) is 8.77. The summed E-state index contributed by atoms with van der Waals surface area (Å²) in [7, 11) is 0. The van der Waals surface area contributed by atoms with E-state index in [0.29, 0.717) is 17.7 Å². The summed E-state index contributed by atoms with van der Waals surface area (Å²) in [5.74, 6) is 1.26. The molecule has 1 aliphatic heterocycles. The average Bonchev–Trinajstić information content (AvgIpc) is 2.87. The lowest BCUT2D eigenvalue weighted by Gasteiger charge is -2.15. The van der Waals surface area contributed by atoms with Crippen LogP contribution in [0.1, 0.15) is 25.7 Å². The van der Waals surface area contributed by atoms with Gasteiger partial charge in [0.1, 0.15) is 0 Å². The normalized spacial score (nSPS) is 28.1. The summed E-state index contributed by atoms with van der Waals surface area (Å²) in [5.41, 5.74) is 0. The molecule has 1 amide bonds. The van der Waals surface area contributed by atoms with Crippen LogP contribution in [0, 0.1) is 11.8 Å². The van der Waals surface area contributed by atoms with Gasteiger partial charge in [0.2, 0.25) is 5.91 Å². The number of amides is 1. The van der Waals surface area contributed by atoms with Crippen molar-refractivity contribution in [2.75, 3.05) is 19.7 Å². The number of hydrogen-bond acceptors (Lipinski definition) is 2. The maximum absolute atomic E-state index is 11.6. The molecule has 0 bridgehead atoms. The zero-order chi connectivity index (χ0) is 9.26. The van der Waals surface area contributed by atoms with Gasteiger partial charge in [0, 0.05) is 25.6 Å². The van der Waals surface area contributed by atoms with Crippen LogP contribution in [0.4, 0.5) is 0 Å². The van der Waals surface area contributed by atoms with Crippen molar-refractivity contribution in [2.45, 2.75) is 25.7 Å². The van der Waals surface area contributed by atoms with E-state index in [-0.39, 0.29) is 6.61 Å². The Bertz CT molecular complexity index is 201. The van der Waals surface area contributed by atoms with Crippen LogP contribution in [-0.2, 0) is 4.79 Å². The highest BCUT2D eigenvalue weighted by molar-refractivity contribution is 5.81. The highest BCUT2D eigenvalue weighted by Crippen LogP contribution is 2.33. The lowest BCUT2D eigenvalue weighted by atomic mass is 10.1. The van der Waals surface area contributed by atoms with Crippen molar-refractivity contribution in [3.8, 4) is 0 Å². The summed E-state index contributed by atoms with van der Waals surface area (Å²) in [4.78, 5) is 13.6. The van der Waals surface area contributed by atoms with Gasteiger partial charge in [-0.25, -0.2) is 0 Å². The number of carbonyl (C=O) groups excluding carboxylic acids is 1. The van der Waals surface area contributed by atoms with Crippen LogP contribution in [0.2, 0.25) is 0 Å². The van der Waals surface area contributed by atoms with Gasteiger partial charge in [-0.2, -0.15) is 0 Å². The minimum absolute atomic E-state index is 0.260. The topological polar surface area (TPSA) is 40.5 Å². The zero-order valence-electron chi connectivity index (χ0n) is 7.91. The minimum Gasteiger partial charge on any atom is -0.396 e. The lowest BCUT2D eigenvalue weighted by molar-refractivity contribution is -0.131. The lowest BCUT2D eigenvalue weighted by Crippen LogP contribution is -2.29. The molecule has 1 unspecified atom stereocenters. The Kier molecular flexibility index (Phi) is 2.54. The first-order chi connectivity index (χ1) is 6.31. The molecule has 1 N–H and O–H groups in total. The van der Waals surface area contributed by atoms with Gasteiger partial charge in [0.15, 0.2) is 0 Å². The van der Waals surface area contributed by atoms with E-state index in [1.165, 1.54) is 0 Å². The molecule has 0 aromatic heterocycles. The molecule has 13 heavy (non-hydrogen) atoms. The van der Waals surface area contributed by atoms with Crippen LogP contribution in [0.5, 0.6) is 0 Å². The molecule has 0 spiro atoms. The summed E-state index contributed by atoms with van der Waals surface area (Å²) in [6.07, 6.45) is 4.13. The molecule has 1 saturated heterocycles. The van der Waals surface area contributed by atoms with Crippen LogP contribution in [0.25, 0.3) is 0 Å². The molecule has 2 aliphatic rings. The van der Waals surface area contributed by atoms with E-state index in [9.17, 15) is 4.79 Å². The van der Waals surface area contributed by atoms with Crippen molar-refractivity contribution in [1.82, 2.24) is 4.90 Å². The third-order valence-electron chi connectivity index (χ3n) is 3.06. The first-order valence-electron chi connectivity index (χ1n) is 5.21. The molecule has 0 aromatic rings. The van der Waals surface area contributed by atoms with Crippen LogP contribution in [0.15, 0.2) is 0 Å². The van der Waals surface area contributed by atoms with Gasteiger partial charge in [-0.3, -0.25) is 4.79 Å². The minimum atomic E-state index is 0.260. The molecular weight excluding hydrogens is 166 g/mol. The molecule has 3 nitrogen and oxygen atoms in total. The third-order valence-corrected chi connectivity index (χ3v) is 3.06. The number of aliphatic hydroxyl groups excluding tert-OH is 1. The smallest absolute Gasteiger partial charge is 0.225 e. The van der Waals surface area contributed by atoms with E-state index in [0.717, 1.165) is 38.8 Å². The third kappa shape index (κ3) is 2.02. The highest BCUT2D eigenvalue weighted by Gasteiger charge is 2.36. The molecule has 1 atom stereocenters. The van der Waals surface area contributed by atoms with Crippen LogP contribution in [-0.4, -0.2) is 35.6 Å². The van der Waals surface area contributed by atoms with Crippen LogP contribution >= 0.6 is 0 Å². The Morgan fingerprint density at radius 1 is 1.38 bits per heavy atom. The Morgan fingerprint density at radius 3 is 2.77 bits per heavy atom. The van der Waals surface area contributed by atoms with Crippen molar-refractivity contribution in [1.29, 1.82) is 0 Å². The van der Waals surface area contributed by atoms with Crippen molar-refractivity contribution in [3.63, 3.8) is 0 Å². The van der Waals surface area contributed by atoms with Crippen molar-refractivity contribution in [2.24, 2.45) is 11.8 Å². The van der Waals surface area contributed by atoms with Crippen molar-refractivity contribution >= 4 is 5.91 Å². The standard InChI is InChI=1S/C10H17NO2/c12-6-4-8-3-5-11(7-8)10(13)9-1-2-9/h8-9,12H,1-7H2. The van der Waals surface area contributed by atoms with E-state index >= 15 is 0 Å². The molecule has 3 heteroatoms. The molecule has 0 aromatic carbocycles. The monoisotopic (exact) mass is 183 g/mol. The quantitative estimate of drug-likeness (QED) is 0.697. The van der Waals surface area contributed by atoms with E-state index in [1.807, 2.05) is 4.90 Å². The maximum Gasteiger partial charge on any atom is 0.225 e. The molecule has 74 valence electrons. The molecule has 1 heterocycles. The van der Waals surface area contributed by atoms with Crippen molar-refractivity contribution < 1.29 is 9.90 Å². The summed E-state index contributed by atoms with van der Waals surface area (Å²) < 4.78 is 0. The Morgan fingerprint density at radius 2 is 2.15 bits per heavy atom. The van der Waals surface area contributed by atoms with E-state index in [2.05, 4.69) is 0 Å². The molecule has 2 rings (SSSR count). The van der Waals surface area contributed by atoms with Gasteiger partial charge in [0.25, 0.3) is 0 Å². The summed E-state index contributed by atoms with van der Waals surface area (Å²) in [6, 6.07) is 0. The maximum atomic E-state index is 11.6. The second-order valence-electron chi connectivity index (χ2n) is 4.23. The second-order valence-corrected chi connectivity index (χ2v) is 4.23.